The highest BCUT2D eigenvalue weighted by Crippen LogP contribution is 2.67. The van der Waals surface area contributed by atoms with Crippen LogP contribution in [0.1, 0.15) is 53.4 Å². The number of esters is 1. The number of fused-ring (bicyclic) bond motifs is 5. The molecule has 2 saturated carbocycles. The molecule has 5 nitrogen and oxygen atoms in total. The molecule has 0 aromatic heterocycles. The minimum Gasteiger partial charge on any atom is -0.458 e. The summed E-state index contributed by atoms with van der Waals surface area (Å²) >= 11 is 0. The average Bonchev–Trinajstić information content (AvgIpc) is 2.91. The fourth-order valence-corrected chi connectivity index (χ4v) is 7.53. The van der Waals surface area contributed by atoms with E-state index in [0.29, 0.717) is 24.8 Å². The maximum atomic E-state index is 15.2. The van der Waals surface area contributed by atoms with E-state index in [1.807, 2.05) is 20.8 Å². The van der Waals surface area contributed by atoms with Gasteiger partial charge < -0.3 is 9.84 Å². The molecule has 0 saturated heterocycles. The highest BCUT2D eigenvalue weighted by molar-refractivity contribution is 5.92. The smallest absolute Gasteiger partial charge is 0.303 e. The lowest BCUT2D eigenvalue weighted by Gasteiger charge is -2.57. The molecule has 0 radical (unpaired) electrons. The van der Waals surface area contributed by atoms with Gasteiger partial charge in [-0.25, -0.2) is 4.39 Å². The summed E-state index contributed by atoms with van der Waals surface area (Å²) in [4.78, 5) is 36.1. The van der Waals surface area contributed by atoms with Crippen molar-refractivity contribution in [3.05, 3.63) is 23.6 Å². The fraction of sp³-hybridized carbons (Fsp3) is 0.708. The summed E-state index contributed by atoms with van der Waals surface area (Å²) in [5.41, 5.74) is -0.645. The maximum Gasteiger partial charge on any atom is 0.303 e. The van der Waals surface area contributed by atoms with Crippen LogP contribution in [0.5, 0.6) is 0 Å². The molecule has 0 heterocycles. The van der Waals surface area contributed by atoms with Gasteiger partial charge in [-0.05, 0) is 60.2 Å². The summed E-state index contributed by atoms with van der Waals surface area (Å²) in [5.74, 6) is -1.63. The Morgan fingerprint density at radius 3 is 2.70 bits per heavy atom. The molecule has 0 aliphatic heterocycles. The quantitative estimate of drug-likeness (QED) is 0.709. The number of rotatable bonds is 3. The van der Waals surface area contributed by atoms with Gasteiger partial charge in [0.25, 0.3) is 0 Å². The Hall–Kier alpha value is -1.82. The van der Waals surface area contributed by atoms with E-state index in [0.717, 1.165) is 6.42 Å². The van der Waals surface area contributed by atoms with Crippen LogP contribution in [0.2, 0.25) is 0 Å². The van der Waals surface area contributed by atoms with Gasteiger partial charge in [0.15, 0.2) is 11.6 Å². The van der Waals surface area contributed by atoms with E-state index in [1.165, 1.54) is 13.0 Å². The van der Waals surface area contributed by atoms with Crippen molar-refractivity contribution < 1.29 is 28.6 Å². The van der Waals surface area contributed by atoms with Gasteiger partial charge in [0.05, 0.1) is 6.10 Å². The number of hydrogen-bond donors (Lipinski definition) is 1. The molecule has 4 aliphatic carbocycles. The Balaban J connectivity index is 1.73. The van der Waals surface area contributed by atoms with Crippen LogP contribution in [-0.2, 0) is 19.1 Å². The monoisotopic (exact) mass is 418 g/mol. The Bertz CT molecular complexity index is 860. The van der Waals surface area contributed by atoms with Gasteiger partial charge in [0.2, 0.25) is 0 Å². The van der Waals surface area contributed by atoms with Gasteiger partial charge >= 0.3 is 5.97 Å². The van der Waals surface area contributed by atoms with Crippen molar-refractivity contribution in [2.45, 2.75) is 59.5 Å². The van der Waals surface area contributed by atoms with Crippen molar-refractivity contribution >= 4 is 17.5 Å². The second kappa shape index (κ2) is 7.11. The number of ether oxygens (including phenoxy) is 1. The van der Waals surface area contributed by atoms with Gasteiger partial charge in [0, 0.05) is 30.6 Å². The van der Waals surface area contributed by atoms with Crippen LogP contribution in [-0.4, -0.2) is 35.4 Å². The lowest BCUT2D eigenvalue weighted by atomic mass is 9.47. The van der Waals surface area contributed by atoms with E-state index in [-0.39, 0.29) is 53.6 Å². The lowest BCUT2D eigenvalue weighted by Crippen LogP contribution is -2.56. The van der Waals surface area contributed by atoms with Crippen LogP contribution in [0.4, 0.5) is 4.39 Å². The first kappa shape index (κ1) is 21.4. The predicted octanol–water partition coefficient (Wildman–Crippen LogP) is 3.56. The van der Waals surface area contributed by atoms with E-state index >= 15 is 4.39 Å². The zero-order chi connectivity index (χ0) is 22.0. The van der Waals surface area contributed by atoms with Crippen LogP contribution < -0.4 is 0 Å². The highest BCUT2D eigenvalue weighted by Gasteiger charge is 2.64. The number of Topliss-reactive ketones (excluding diaryl/α,β-unsaturated/α-hetero) is 1. The average molecular weight is 419 g/mol. The topological polar surface area (TPSA) is 80.7 Å². The second-order valence-electron chi connectivity index (χ2n) is 10.4. The van der Waals surface area contributed by atoms with Gasteiger partial charge in [-0.1, -0.05) is 20.8 Å². The summed E-state index contributed by atoms with van der Waals surface area (Å²) in [6.07, 6.45) is 4.44. The van der Waals surface area contributed by atoms with Crippen molar-refractivity contribution in [3.63, 3.8) is 0 Å². The SMILES string of the molecule is CC(=O)OCC(=O)[C@H]1[C@H](C)C[C@H]2[C@@H]3C=C(F)C4=CC(=O)CC[C@]4(C)[C@H]3[C@@H](O)C[C@@]21C. The molecule has 1 N–H and O–H groups in total. The number of carbonyl (C=O) groups excluding carboxylic acids is 3. The Labute approximate surface area is 176 Å². The standard InChI is InChI=1S/C24H31FO5/c1-12-7-16-15-9-18(25)17-8-14(27)5-6-23(17,3)22(15)19(28)10-24(16,4)21(12)20(29)11-30-13(2)26/h8-9,12,15-16,19,21-22,28H,5-7,10-11H2,1-4H3/t12-,15+,16+,19+,21-,22-,23+,24+/m1/s1. The third kappa shape index (κ3) is 3.02. The van der Waals surface area contributed by atoms with Crippen molar-refractivity contribution in [2.75, 3.05) is 6.61 Å². The summed E-state index contributed by atoms with van der Waals surface area (Å²) in [6, 6.07) is 0. The Morgan fingerprint density at radius 1 is 1.33 bits per heavy atom. The van der Waals surface area contributed by atoms with Crippen molar-refractivity contribution in [1.82, 2.24) is 0 Å². The number of carbonyl (C=O) groups is 3. The van der Waals surface area contributed by atoms with E-state index in [4.69, 9.17) is 4.74 Å². The number of aliphatic hydroxyl groups is 1. The summed E-state index contributed by atoms with van der Waals surface area (Å²) in [6.45, 7) is 7.05. The summed E-state index contributed by atoms with van der Waals surface area (Å²) in [7, 11) is 0. The largest absolute Gasteiger partial charge is 0.458 e. The van der Waals surface area contributed by atoms with Gasteiger partial charge in [-0.2, -0.15) is 0 Å². The van der Waals surface area contributed by atoms with Crippen LogP contribution in [0, 0.1) is 40.4 Å². The van der Waals surface area contributed by atoms with Gasteiger partial charge in [-0.15, -0.1) is 0 Å². The number of halogens is 1. The maximum absolute atomic E-state index is 15.2. The molecule has 0 amide bonds. The number of allylic oxidation sites excluding steroid dienone is 4. The minimum absolute atomic E-state index is 0.0499. The third-order valence-electron chi connectivity index (χ3n) is 8.60. The second-order valence-corrected chi connectivity index (χ2v) is 10.4. The molecule has 4 aliphatic rings. The minimum atomic E-state index is -0.698. The fourth-order valence-electron chi connectivity index (χ4n) is 7.53. The molecular weight excluding hydrogens is 387 g/mol. The van der Waals surface area contributed by atoms with Crippen LogP contribution in [0.25, 0.3) is 0 Å². The van der Waals surface area contributed by atoms with Crippen LogP contribution in [0.3, 0.4) is 0 Å². The molecule has 6 heteroatoms. The zero-order valence-electron chi connectivity index (χ0n) is 18.1. The number of aliphatic hydroxyl groups excluding tert-OH is 1. The molecule has 164 valence electrons. The first-order valence-electron chi connectivity index (χ1n) is 11.0. The summed E-state index contributed by atoms with van der Waals surface area (Å²) < 4.78 is 20.2. The van der Waals surface area contributed by atoms with Crippen LogP contribution >= 0.6 is 0 Å². The van der Waals surface area contributed by atoms with Crippen LogP contribution in [0.15, 0.2) is 23.6 Å². The molecule has 0 aromatic rings. The number of ketones is 2. The predicted molar refractivity (Wildman–Crippen MR) is 108 cm³/mol. The number of hydrogen-bond acceptors (Lipinski definition) is 5. The van der Waals surface area contributed by atoms with E-state index in [2.05, 4.69) is 0 Å². The van der Waals surface area contributed by atoms with Crippen molar-refractivity contribution in [3.8, 4) is 0 Å². The third-order valence-corrected chi connectivity index (χ3v) is 8.60. The Kier molecular flexibility index (Phi) is 5.08. The molecule has 30 heavy (non-hydrogen) atoms. The first-order valence-corrected chi connectivity index (χ1v) is 11.0. The first-order chi connectivity index (χ1) is 14.0. The molecule has 4 rings (SSSR count). The van der Waals surface area contributed by atoms with Crippen molar-refractivity contribution in [1.29, 1.82) is 0 Å². The molecule has 0 unspecified atom stereocenters. The molecule has 0 aromatic carbocycles. The zero-order valence-corrected chi connectivity index (χ0v) is 18.1. The van der Waals surface area contributed by atoms with E-state index < -0.39 is 22.9 Å². The lowest BCUT2D eigenvalue weighted by molar-refractivity contribution is -0.152. The van der Waals surface area contributed by atoms with Gasteiger partial charge in [0.1, 0.15) is 12.4 Å². The molecule has 0 spiro atoms. The summed E-state index contributed by atoms with van der Waals surface area (Å²) in [5, 5.41) is 11.3. The molecular formula is C24H31FO5. The normalized spacial score (nSPS) is 44.9. The van der Waals surface area contributed by atoms with E-state index in [9.17, 15) is 19.5 Å². The van der Waals surface area contributed by atoms with Crippen molar-refractivity contribution in [2.24, 2.45) is 40.4 Å². The Morgan fingerprint density at radius 2 is 2.03 bits per heavy atom. The highest BCUT2D eigenvalue weighted by atomic mass is 19.1. The van der Waals surface area contributed by atoms with Gasteiger partial charge in [-0.3, -0.25) is 14.4 Å². The molecule has 0 bridgehead atoms. The van der Waals surface area contributed by atoms with E-state index in [1.54, 1.807) is 6.08 Å². The molecule has 8 atom stereocenters. The molecule has 2 fully saturated rings.